The molecule has 0 atom stereocenters. The van der Waals surface area contributed by atoms with Gasteiger partial charge in [0.05, 0.1) is 32.4 Å². The molecule has 176 valence electrons. The Bertz CT molecular complexity index is 1390. The molecule has 0 fully saturated rings. The molecule has 1 amide bonds. The maximum absolute atomic E-state index is 13.4. The number of ether oxygens (including phenoxy) is 3. The number of aryl methyl sites for hydroxylation is 2. The van der Waals surface area contributed by atoms with E-state index in [1.54, 1.807) is 36.4 Å². The summed E-state index contributed by atoms with van der Waals surface area (Å²) in [6.45, 7) is 3.70. The third-order valence-corrected chi connectivity index (χ3v) is 5.50. The minimum absolute atomic E-state index is 0.0591. The normalized spacial score (nSPS) is 10.8. The summed E-state index contributed by atoms with van der Waals surface area (Å²) in [5, 5.41) is 3.07. The number of hydrogen-bond acceptors (Lipinski definition) is 7. The van der Waals surface area contributed by atoms with Crippen LogP contribution in [-0.2, 0) is 11.3 Å². The second-order valence-electron chi connectivity index (χ2n) is 7.74. The number of carbonyl (C=O) groups excluding carboxylic acids is 1. The van der Waals surface area contributed by atoms with Gasteiger partial charge in [-0.2, -0.15) is 0 Å². The number of nitrogens with one attached hydrogen (secondary N) is 1. The van der Waals surface area contributed by atoms with E-state index in [9.17, 15) is 9.59 Å². The molecule has 1 N–H and O–H groups in total. The van der Waals surface area contributed by atoms with Crippen LogP contribution in [0, 0.1) is 13.8 Å². The van der Waals surface area contributed by atoms with Gasteiger partial charge in [-0.05, 0) is 67.4 Å². The smallest absolute Gasteiger partial charge is 0.258 e. The Labute approximate surface area is 196 Å². The van der Waals surface area contributed by atoms with Crippen molar-refractivity contribution in [2.75, 3.05) is 20.8 Å². The zero-order chi connectivity index (χ0) is 24.2. The number of rotatable bonds is 8. The van der Waals surface area contributed by atoms with E-state index in [4.69, 9.17) is 23.0 Å². The third-order valence-electron chi connectivity index (χ3n) is 5.50. The number of carbonyl (C=O) groups is 1. The standard InChI is InChI=1S/C26H25NO7/c1-15-10-19-21(11-16(15)2)34-25(17-7-8-20(30-3)22(12-17)31-4)26(24(19)29)33-14-23(28)27-13-18-6-5-9-32-18/h5-12H,13-14H2,1-4H3,(H,27,28). The highest BCUT2D eigenvalue weighted by Crippen LogP contribution is 2.37. The summed E-state index contributed by atoms with van der Waals surface area (Å²) < 4.78 is 27.8. The predicted molar refractivity (Wildman–Crippen MR) is 127 cm³/mol. The molecule has 2 heterocycles. The van der Waals surface area contributed by atoms with Gasteiger partial charge in [0.1, 0.15) is 11.3 Å². The first kappa shape index (κ1) is 23.0. The third kappa shape index (κ3) is 4.61. The first-order valence-electron chi connectivity index (χ1n) is 10.6. The van der Waals surface area contributed by atoms with Crippen LogP contribution in [0.1, 0.15) is 16.9 Å². The molecule has 0 aliphatic rings. The van der Waals surface area contributed by atoms with E-state index in [0.717, 1.165) is 11.1 Å². The van der Waals surface area contributed by atoms with Gasteiger partial charge in [0.25, 0.3) is 5.91 Å². The van der Waals surface area contributed by atoms with E-state index in [-0.39, 0.29) is 30.1 Å². The molecule has 0 saturated carbocycles. The SMILES string of the molecule is COc1ccc(-c2oc3cc(C)c(C)cc3c(=O)c2OCC(=O)NCc2ccco2)cc1OC. The number of furan rings is 1. The quantitative estimate of drug-likeness (QED) is 0.414. The van der Waals surface area contributed by atoms with Crippen molar-refractivity contribution in [2.45, 2.75) is 20.4 Å². The molecule has 34 heavy (non-hydrogen) atoms. The zero-order valence-corrected chi connectivity index (χ0v) is 19.4. The summed E-state index contributed by atoms with van der Waals surface area (Å²) in [7, 11) is 3.06. The number of benzene rings is 2. The van der Waals surface area contributed by atoms with E-state index in [2.05, 4.69) is 5.32 Å². The van der Waals surface area contributed by atoms with Gasteiger partial charge in [-0.25, -0.2) is 0 Å². The molecule has 2 aromatic heterocycles. The minimum atomic E-state index is -0.408. The van der Waals surface area contributed by atoms with E-state index >= 15 is 0 Å². The van der Waals surface area contributed by atoms with Crippen molar-refractivity contribution in [2.24, 2.45) is 0 Å². The summed E-state index contributed by atoms with van der Waals surface area (Å²) in [6.07, 6.45) is 1.53. The van der Waals surface area contributed by atoms with Crippen molar-refractivity contribution < 1.29 is 27.8 Å². The highest BCUT2D eigenvalue weighted by molar-refractivity contribution is 5.84. The summed E-state index contributed by atoms with van der Waals surface area (Å²) in [5.74, 6) is 1.33. The molecule has 2 aromatic carbocycles. The van der Waals surface area contributed by atoms with Gasteiger partial charge in [0, 0.05) is 5.56 Å². The second kappa shape index (κ2) is 9.74. The molecule has 0 aliphatic carbocycles. The summed E-state index contributed by atoms with van der Waals surface area (Å²) in [5.41, 5.74) is 2.53. The van der Waals surface area contributed by atoms with Crippen molar-refractivity contribution >= 4 is 16.9 Å². The van der Waals surface area contributed by atoms with Crippen molar-refractivity contribution in [1.29, 1.82) is 0 Å². The zero-order valence-electron chi connectivity index (χ0n) is 19.4. The molecular weight excluding hydrogens is 438 g/mol. The fourth-order valence-corrected chi connectivity index (χ4v) is 3.52. The Kier molecular flexibility index (Phi) is 6.58. The van der Waals surface area contributed by atoms with Crippen LogP contribution in [0.25, 0.3) is 22.3 Å². The molecule has 4 rings (SSSR count). The van der Waals surface area contributed by atoms with Crippen LogP contribution in [-0.4, -0.2) is 26.7 Å². The molecule has 0 spiro atoms. The lowest BCUT2D eigenvalue weighted by Gasteiger charge is -2.14. The van der Waals surface area contributed by atoms with Crippen LogP contribution in [0.5, 0.6) is 17.2 Å². The van der Waals surface area contributed by atoms with Gasteiger partial charge < -0.3 is 28.4 Å². The summed E-state index contributed by atoms with van der Waals surface area (Å²) in [6, 6.07) is 12.2. The van der Waals surface area contributed by atoms with Gasteiger partial charge in [-0.15, -0.1) is 0 Å². The molecule has 0 unspecified atom stereocenters. The van der Waals surface area contributed by atoms with Gasteiger partial charge in [-0.1, -0.05) is 0 Å². The maximum Gasteiger partial charge on any atom is 0.258 e. The highest BCUT2D eigenvalue weighted by Gasteiger charge is 2.21. The molecule has 0 radical (unpaired) electrons. The Balaban J connectivity index is 1.74. The Morgan fingerprint density at radius 2 is 1.76 bits per heavy atom. The monoisotopic (exact) mass is 463 g/mol. The first-order valence-corrected chi connectivity index (χ1v) is 10.6. The highest BCUT2D eigenvalue weighted by atomic mass is 16.5. The lowest BCUT2D eigenvalue weighted by molar-refractivity contribution is -0.123. The number of hydrogen-bond donors (Lipinski definition) is 1. The second-order valence-corrected chi connectivity index (χ2v) is 7.74. The Morgan fingerprint density at radius 3 is 2.47 bits per heavy atom. The number of amides is 1. The number of fused-ring (bicyclic) bond motifs is 1. The van der Waals surface area contributed by atoms with Gasteiger partial charge >= 0.3 is 0 Å². The first-order chi connectivity index (χ1) is 16.4. The van der Waals surface area contributed by atoms with E-state index in [1.807, 2.05) is 19.9 Å². The van der Waals surface area contributed by atoms with Gasteiger partial charge in [0.2, 0.25) is 11.2 Å². The van der Waals surface area contributed by atoms with E-state index in [1.165, 1.54) is 20.5 Å². The van der Waals surface area contributed by atoms with Crippen LogP contribution < -0.4 is 25.0 Å². The average Bonchev–Trinajstić information content (AvgIpc) is 3.36. The van der Waals surface area contributed by atoms with Crippen molar-refractivity contribution in [3.05, 3.63) is 75.8 Å². The Hall–Kier alpha value is -4.20. The van der Waals surface area contributed by atoms with Crippen LogP contribution in [0.2, 0.25) is 0 Å². The predicted octanol–water partition coefficient (Wildman–Crippen LogP) is 4.38. The van der Waals surface area contributed by atoms with Gasteiger partial charge in [-0.3, -0.25) is 9.59 Å². The van der Waals surface area contributed by atoms with Gasteiger partial charge in [0.15, 0.2) is 23.9 Å². The number of methoxy groups -OCH3 is 2. The fraction of sp³-hybridized carbons (Fsp3) is 0.231. The molecule has 4 aromatic rings. The molecule has 8 heteroatoms. The largest absolute Gasteiger partial charge is 0.493 e. The van der Waals surface area contributed by atoms with Crippen molar-refractivity contribution in [3.8, 4) is 28.6 Å². The average molecular weight is 463 g/mol. The molecule has 0 aliphatic heterocycles. The Morgan fingerprint density at radius 1 is 1.00 bits per heavy atom. The summed E-state index contributed by atoms with van der Waals surface area (Å²) in [4.78, 5) is 25.8. The molecule has 0 saturated heterocycles. The molecular formula is C26H25NO7. The molecule has 0 bridgehead atoms. The van der Waals surface area contributed by atoms with E-state index < -0.39 is 5.91 Å². The van der Waals surface area contributed by atoms with Crippen LogP contribution in [0.15, 0.2) is 62.4 Å². The van der Waals surface area contributed by atoms with Crippen LogP contribution in [0.4, 0.5) is 0 Å². The van der Waals surface area contributed by atoms with E-state index in [0.29, 0.717) is 33.8 Å². The fourth-order valence-electron chi connectivity index (χ4n) is 3.52. The topological polar surface area (TPSA) is 100 Å². The lowest BCUT2D eigenvalue weighted by Crippen LogP contribution is -2.29. The minimum Gasteiger partial charge on any atom is -0.493 e. The lowest BCUT2D eigenvalue weighted by atomic mass is 10.0. The maximum atomic E-state index is 13.4. The van der Waals surface area contributed by atoms with Crippen molar-refractivity contribution in [1.82, 2.24) is 5.32 Å². The summed E-state index contributed by atoms with van der Waals surface area (Å²) >= 11 is 0. The van der Waals surface area contributed by atoms with Crippen LogP contribution >= 0.6 is 0 Å². The molecule has 8 nitrogen and oxygen atoms in total. The van der Waals surface area contributed by atoms with Crippen molar-refractivity contribution in [3.63, 3.8) is 0 Å². The van der Waals surface area contributed by atoms with Crippen LogP contribution in [0.3, 0.4) is 0 Å².